The maximum atomic E-state index is 13.1. The molecule has 0 aliphatic rings. The van der Waals surface area contributed by atoms with Crippen molar-refractivity contribution in [3.05, 3.63) is 83.8 Å². The van der Waals surface area contributed by atoms with E-state index in [9.17, 15) is 19.2 Å². The van der Waals surface area contributed by atoms with E-state index in [2.05, 4.69) is 21.5 Å². The van der Waals surface area contributed by atoms with Crippen LogP contribution in [-0.2, 0) is 4.79 Å². The van der Waals surface area contributed by atoms with Crippen molar-refractivity contribution < 1.29 is 28.3 Å². The zero-order valence-corrected chi connectivity index (χ0v) is 20.2. The summed E-state index contributed by atoms with van der Waals surface area (Å²) in [6, 6.07) is 14.9. The molecular weight excluding hydrogens is 464 g/mol. The van der Waals surface area contributed by atoms with Crippen LogP contribution in [0.4, 0.5) is 5.69 Å². The maximum absolute atomic E-state index is 13.1. The molecule has 3 rings (SSSR count). The van der Waals surface area contributed by atoms with Crippen LogP contribution in [0.25, 0.3) is 0 Å². The lowest BCUT2D eigenvalue weighted by atomic mass is 9.98. The Bertz CT molecular complexity index is 1210. The number of amides is 4. The highest BCUT2D eigenvalue weighted by Gasteiger charge is 2.28. The first-order valence-corrected chi connectivity index (χ1v) is 11.3. The van der Waals surface area contributed by atoms with Gasteiger partial charge in [-0.3, -0.25) is 30.0 Å². The molecule has 10 nitrogen and oxygen atoms in total. The van der Waals surface area contributed by atoms with Crippen LogP contribution in [0.3, 0.4) is 0 Å². The molecule has 3 aromatic rings. The highest BCUT2D eigenvalue weighted by atomic mass is 16.5. The molecule has 0 unspecified atom stereocenters. The quantitative estimate of drug-likeness (QED) is 0.339. The van der Waals surface area contributed by atoms with Crippen LogP contribution >= 0.6 is 0 Å². The largest absolute Gasteiger partial charge is 0.497 e. The SMILES string of the molecule is CC[C@@H](C)[C@@H](NC(=O)c1ccccc1NC(=O)c1ccco1)C(=O)NNC(=O)c1ccc(OC)cc1. The number of benzene rings is 2. The van der Waals surface area contributed by atoms with Crippen molar-refractivity contribution in [1.82, 2.24) is 16.2 Å². The van der Waals surface area contributed by atoms with Gasteiger partial charge in [-0.15, -0.1) is 0 Å². The highest BCUT2D eigenvalue weighted by molar-refractivity contribution is 6.08. The predicted molar refractivity (Wildman–Crippen MR) is 132 cm³/mol. The van der Waals surface area contributed by atoms with Gasteiger partial charge in [0.2, 0.25) is 0 Å². The Morgan fingerprint density at radius 1 is 0.889 bits per heavy atom. The molecule has 0 bridgehead atoms. The topological polar surface area (TPSA) is 139 Å². The number of para-hydroxylation sites is 1. The lowest BCUT2D eigenvalue weighted by Gasteiger charge is -2.24. The Labute approximate surface area is 208 Å². The van der Waals surface area contributed by atoms with Crippen LogP contribution in [0.15, 0.2) is 71.3 Å². The lowest BCUT2D eigenvalue weighted by molar-refractivity contribution is -0.124. The molecule has 1 aromatic heterocycles. The number of methoxy groups -OCH3 is 1. The molecule has 188 valence electrons. The zero-order chi connectivity index (χ0) is 26.1. The average molecular weight is 493 g/mol. The zero-order valence-electron chi connectivity index (χ0n) is 20.2. The molecule has 36 heavy (non-hydrogen) atoms. The molecule has 0 spiro atoms. The van der Waals surface area contributed by atoms with Crippen LogP contribution in [0, 0.1) is 5.92 Å². The second-order valence-electron chi connectivity index (χ2n) is 7.99. The van der Waals surface area contributed by atoms with Gasteiger partial charge in [-0.05, 0) is 54.4 Å². The molecule has 2 aromatic carbocycles. The van der Waals surface area contributed by atoms with Crippen molar-refractivity contribution >= 4 is 29.3 Å². The molecule has 4 amide bonds. The number of carbonyl (C=O) groups excluding carboxylic acids is 4. The number of nitrogens with one attached hydrogen (secondary N) is 4. The molecule has 0 fully saturated rings. The fourth-order valence-electron chi connectivity index (χ4n) is 3.31. The first-order chi connectivity index (χ1) is 17.3. The number of hydrogen-bond donors (Lipinski definition) is 4. The fourth-order valence-corrected chi connectivity index (χ4v) is 3.31. The standard InChI is InChI=1S/C26H28N4O6/c1-4-16(2)22(26(34)30-29-23(31)17-11-13-18(35-3)14-12-17)28-24(32)19-8-5-6-9-20(19)27-25(33)21-10-7-15-36-21/h5-16,22H,4H2,1-3H3,(H,27,33)(H,28,32)(H,29,31)(H,30,34)/t16-,22-/m1/s1. The second-order valence-corrected chi connectivity index (χ2v) is 7.99. The Morgan fingerprint density at radius 3 is 2.25 bits per heavy atom. The maximum Gasteiger partial charge on any atom is 0.291 e. The van der Waals surface area contributed by atoms with Gasteiger partial charge < -0.3 is 19.8 Å². The molecule has 2 atom stereocenters. The van der Waals surface area contributed by atoms with E-state index in [1.54, 1.807) is 55.5 Å². The Morgan fingerprint density at radius 2 is 1.61 bits per heavy atom. The number of carbonyl (C=O) groups is 4. The minimum atomic E-state index is -0.951. The second kappa shape index (κ2) is 12.2. The van der Waals surface area contributed by atoms with Crippen molar-refractivity contribution in [2.24, 2.45) is 5.92 Å². The third-order valence-electron chi connectivity index (χ3n) is 5.60. The Kier molecular flexibility index (Phi) is 8.82. The van der Waals surface area contributed by atoms with Crippen LogP contribution in [0.5, 0.6) is 5.75 Å². The third kappa shape index (κ3) is 6.50. The predicted octanol–water partition coefficient (Wildman–Crippen LogP) is 3.15. The summed E-state index contributed by atoms with van der Waals surface area (Å²) in [5, 5.41) is 5.36. The molecule has 0 aliphatic carbocycles. The molecular formula is C26H28N4O6. The van der Waals surface area contributed by atoms with Crippen LogP contribution < -0.4 is 26.2 Å². The van der Waals surface area contributed by atoms with Gasteiger partial charge in [0, 0.05) is 5.56 Å². The summed E-state index contributed by atoms with van der Waals surface area (Å²) in [6.07, 6.45) is 1.96. The summed E-state index contributed by atoms with van der Waals surface area (Å²) in [5.41, 5.74) is 5.49. The monoisotopic (exact) mass is 492 g/mol. The van der Waals surface area contributed by atoms with Crippen LogP contribution in [0.2, 0.25) is 0 Å². The van der Waals surface area contributed by atoms with E-state index in [1.165, 1.54) is 25.5 Å². The third-order valence-corrected chi connectivity index (χ3v) is 5.60. The minimum absolute atomic E-state index is 0.0923. The average Bonchev–Trinajstić information content (AvgIpc) is 3.45. The number of anilines is 1. The van der Waals surface area contributed by atoms with Crippen LogP contribution in [0.1, 0.15) is 51.5 Å². The van der Waals surface area contributed by atoms with Crippen LogP contribution in [-0.4, -0.2) is 36.8 Å². The van der Waals surface area contributed by atoms with E-state index >= 15 is 0 Å². The van der Waals surface area contributed by atoms with Crippen molar-refractivity contribution in [2.45, 2.75) is 26.3 Å². The Hall–Kier alpha value is -4.60. The van der Waals surface area contributed by atoms with E-state index in [1.807, 2.05) is 6.92 Å². The van der Waals surface area contributed by atoms with Gasteiger partial charge in [-0.25, -0.2) is 0 Å². The summed E-state index contributed by atoms with van der Waals surface area (Å²) in [7, 11) is 1.52. The van der Waals surface area contributed by atoms with E-state index < -0.39 is 29.7 Å². The van der Waals surface area contributed by atoms with Crippen molar-refractivity contribution in [1.29, 1.82) is 0 Å². The van der Waals surface area contributed by atoms with Gasteiger partial charge in [0.1, 0.15) is 11.8 Å². The smallest absolute Gasteiger partial charge is 0.291 e. The van der Waals surface area contributed by atoms with Gasteiger partial charge in [0.05, 0.1) is 24.6 Å². The molecule has 0 radical (unpaired) electrons. The summed E-state index contributed by atoms with van der Waals surface area (Å²) in [5.74, 6) is -1.75. The van der Waals surface area contributed by atoms with Gasteiger partial charge in [-0.2, -0.15) is 0 Å². The number of furan rings is 1. The molecule has 4 N–H and O–H groups in total. The first kappa shape index (κ1) is 26.0. The summed E-state index contributed by atoms with van der Waals surface area (Å²) >= 11 is 0. The molecule has 0 saturated heterocycles. The van der Waals surface area contributed by atoms with E-state index in [0.29, 0.717) is 17.7 Å². The van der Waals surface area contributed by atoms with E-state index in [0.717, 1.165) is 0 Å². The fraction of sp³-hybridized carbons (Fsp3) is 0.231. The van der Waals surface area contributed by atoms with Crippen molar-refractivity contribution in [3.8, 4) is 5.75 Å². The number of rotatable bonds is 9. The number of ether oxygens (including phenoxy) is 1. The molecule has 1 heterocycles. The van der Waals surface area contributed by atoms with Gasteiger partial charge in [0.15, 0.2) is 5.76 Å². The Balaban J connectivity index is 1.68. The first-order valence-electron chi connectivity index (χ1n) is 11.3. The summed E-state index contributed by atoms with van der Waals surface area (Å²) < 4.78 is 10.2. The highest BCUT2D eigenvalue weighted by Crippen LogP contribution is 2.18. The molecule has 10 heteroatoms. The van der Waals surface area contributed by atoms with Gasteiger partial charge >= 0.3 is 0 Å². The van der Waals surface area contributed by atoms with Crippen molar-refractivity contribution in [2.75, 3.05) is 12.4 Å². The normalized spacial score (nSPS) is 12.1. The number of hydrogen-bond acceptors (Lipinski definition) is 6. The number of hydrazine groups is 1. The molecule has 0 saturated carbocycles. The summed E-state index contributed by atoms with van der Waals surface area (Å²) in [6.45, 7) is 3.69. The lowest BCUT2D eigenvalue weighted by Crippen LogP contribution is -2.54. The van der Waals surface area contributed by atoms with E-state index in [-0.39, 0.29) is 22.9 Å². The van der Waals surface area contributed by atoms with E-state index in [4.69, 9.17) is 9.15 Å². The molecule has 0 aliphatic heterocycles. The summed E-state index contributed by atoms with van der Waals surface area (Å²) in [4.78, 5) is 50.8. The van der Waals surface area contributed by atoms with Gasteiger partial charge in [-0.1, -0.05) is 32.4 Å². The van der Waals surface area contributed by atoms with Crippen molar-refractivity contribution in [3.63, 3.8) is 0 Å². The van der Waals surface area contributed by atoms with Gasteiger partial charge in [0.25, 0.3) is 23.6 Å². The minimum Gasteiger partial charge on any atom is -0.497 e.